The average Bonchev–Trinajstić information content (AvgIpc) is 2.44. The number of hydrogen-bond acceptors (Lipinski definition) is 4. The molecule has 0 saturated heterocycles. The molecule has 104 valence electrons. The second-order valence-corrected chi connectivity index (χ2v) is 5.19. The van der Waals surface area contributed by atoms with Crippen molar-refractivity contribution in [1.82, 2.24) is 9.55 Å². The Balaban J connectivity index is 2.33. The van der Waals surface area contributed by atoms with Crippen molar-refractivity contribution in [3.63, 3.8) is 0 Å². The van der Waals surface area contributed by atoms with Crippen molar-refractivity contribution in [2.24, 2.45) is 0 Å². The molecule has 0 atom stereocenters. The minimum Gasteiger partial charge on any atom is -0.465 e. The zero-order chi connectivity index (χ0) is 14.7. The number of rotatable bonds is 3. The molecule has 1 aromatic heterocycles. The van der Waals surface area contributed by atoms with E-state index in [0.717, 1.165) is 15.6 Å². The van der Waals surface area contributed by atoms with Crippen LogP contribution in [0, 0.1) is 6.92 Å². The van der Waals surface area contributed by atoms with E-state index in [2.05, 4.69) is 25.7 Å². The summed E-state index contributed by atoms with van der Waals surface area (Å²) in [5, 5.41) is 0. The highest BCUT2D eigenvalue weighted by Crippen LogP contribution is 2.20. The average molecular weight is 337 g/mol. The number of carbonyl (C=O) groups is 1. The van der Waals surface area contributed by atoms with Crippen LogP contribution in [-0.2, 0) is 11.3 Å². The second-order valence-electron chi connectivity index (χ2n) is 4.34. The van der Waals surface area contributed by atoms with E-state index in [1.165, 1.54) is 17.9 Å². The third-order valence-corrected chi connectivity index (χ3v) is 3.54. The van der Waals surface area contributed by atoms with Gasteiger partial charge in [-0.05, 0) is 30.2 Å². The number of hydrogen-bond donors (Lipinski definition) is 0. The molecule has 2 aromatic rings. The summed E-state index contributed by atoms with van der Waals surface area (Å²) in [6, 6.07) is 5.13. The second kappa shape index (κ2) is 6.00. The van der Waals surface area contributed by atoms with Gasteiger partial charge in [0.05, 0.1) is 19.2 Å². The number of carbonyl (C=O) groups excluding carboxylic acids is 1. The van der Waals surface area contributed by atoms with E-state index >= 15 is 0 Å². The quantitative estimate of drug-likeness (QED) is 0.806. The maximum absolute atomic E-state index is 11.7. The fourth-order valence-electron chi connectivity index (χ4n) is 1.78. The van der Waals surface area contributed by atoms with E-state index < -0.39 is 5.97 Å². The van der Waals surface area contributed by atoms with Crippen LogP contribution in [0.4, 0.5) is 0 Å². The summed E-state index contributed by atoms with van der Waals surface area (Å²) in [6.45, 7) is 2.26. The van der Waals surface area contributed by atoms with E-state index in [4.69, 9.17) is 0 Å². The monoisotopic (exact) mass is 336 g/mol. The van der Waals surface area contributed by atoms with Gasteiger partial charge in [-0.2, -0.15) is 0 Å². The number of methoxy groups -OCH3 is 1. The van der Waals surface area contributed by atoms with Gasteiger partial charge in [0.25, 0.3) is 0 Å². The number of nitrogens with zero attached hydrogens (tertiary/aromatic N) is 2. The molecular formula is C14H13BrN2O3. The predicted molar refractivity (Wildman–Crippen MR) is 77.8 cm³/mol. The number of aromatic nitrogens is 2. The van der Waals surface area contributed by atoms with Crippen LogP contribution in [0.1, 0.15) is 21.5 Å². The zero-order valence-corrected chi connectivity index (χ0v) is 12.7. The lowest BCUT2D eigenvalue weighted by Gasteiger charge is -2.09. The molecule has 1 aromatic carbocycles. The molecule has 0 amide bonds. The lowest BCUT2D eigenvalue weighted by molar-refractivity contribution is 0.0600. The highest BCUT2D eigenvalue weighted by atomic mass is 79.9. The zero-order valence-electron chi connectivity index (χ0n) is 11.1. The molecule has 0 bridgehead atoms. The van der Waals surface area contributed by atoms with Crippen LogP contribution in [-0.4, -0.2) is 22.6 Å². The molecule has 0 spiro atoms. The fourth-order valence-corrected chi connectivity index (χ4v) is 2.29. The maximum Gasteiger partial charge on any atom is 0.347 e. The predicted octanol–water partition coefficient (Wildman–Crippen LogP) is 2.15. The van der Waals surface area contributed by atoms with Gasteiger partial charge < -0.3 is 4.74 Å². The van der Waals surface area contributed by atoms with Crippen molar-refractivity contribution in [2.45, 2.75) is 13.5 Å². The van der Waals surface area contributed by atoms with E-state index in [0.29, 0.717) is 12.1 Å². The summed E-state index contributed by atoms with van der Waals surface area (Å²) in [6.07, 6.45) is 3.28. The third-order valence-electron chi connectivity index (χ3n) is 2.80. The van der Waals surface area contributed by atoms with E-state index in [1.54, 1.807) is 24.4 Å². The van der Waals surface area contributed by atoms with Gasteiger partial charge in [0.15, 0.2) is 0 Å². The molecule has 0 aliphatic heterocycles. The molecule has 1 heterocycles. The Labute approximate surface area is 124 Å². The van der Waals surface area contributed by atoms with Gasteiger partial charge in [-0.15, -0.1) is 0 Å². The number of esters is 1. The first kappa shape index (κ1) is 14.5. The van der Waals surface area contributed by atoms with Gasteiger partial charge in [0, 0.05) is 16.9 Å². The molecule has 0 unspecified atom stereocenters. The standard InChI is InChI=1S/C14H13BrN2O3/c1-9-6-16-14(19)17(7-9)8-11-4-3-10(5-12(11)15)13(18)20-2/h3-7H,8H2,1-2H3. The van der Waals surface area contributed by atoms with Gasteiger partial charge >= 0.3 is 11.7 Å². The molecule has 5 nitrogen and oxygen atoms in total. The first-order valence-electron chi connectivity index (χ1n) is 5.91. The summed E-state index contributed by atoms with van der Waals surface area (Å²) in [5.74, 6) is -0.397. The first-order valence-corrected chi connectivity index (χ1v) is 6.70. The number of ether oxygens (including phenoxy) is 1. The van der Waals surface area contributed by atoms with Gasteiger partial charge in [-0.3, -0.25) is 4.57 Å². The minimum absolute atomic E-state index is 0.306. The Morgan fingerprint density at radius 3 is 2.85 bits per heavy atom. The largest absolute Gasteiger partial charge is 0.465 e. The van der Waals surface area contributed by atoms with E-state index in [9.17, 15) is 9.59 Å². The number of halogens is 1. The Hall–Kier alpha value is -1.95. The molecular weight excluding hydrogens is 324 g/mol. The summed E-state index contributed by atoms with van der Waals surface area (Å²) >= 11 is 3.40. The van der Waals surface area contributed by atoms with Crippen molar-refractivity contribution in [1.29, 1.82) is 0 Å². The molecule has 0 saturated carbocycles. The van der Waals surface area contributed by atoms with Crippen LogP contribution in [0.3, 0.4) is 0 Å². The van der Waals surface area contributed by atoms with Crippen LogP contribution < -0.4 is 5.69 Å². The molecule has 0 radical (unpaired) electrons. The summed E-state index contributed by atoms with van der Waals surface area (Å²) in [7, 11) is 1.34. The Morgan fingerprint density at radius 2 is 2.20 bits per heavy atom. The van der Waals surface area contributed by atoms with Gasteiger partial charge in [-0.25, -0.2) is 14.6 Å². The lowest BCUT2D eigenvalue weighted by atomic mass is 10.1. The van der Waals surface area contributed by atoms with Gasteiger partial charge in [-0.1, -0.05) is 22.0 Å². The van der Waals surface area contributed by atoms with Crippen LogP contribution in [0.25, 0.3) is 0 Å². The number of aryl methyl sites for hydroxylation is 1. The van der Waals surface area contributed by atoms with Crippen LogP contribution in [0.15, 0.2) is 39.9 Å². The topological polar surface area (TPSA) is 61.2 Å². The maximum atomic E-state index is 11.7. The van der Waals surface area contributed by atoms with Crippen LogP contribution in [0.2, 0.25) is 0 Å². The summed E-state index contributed by atoms with van der Waals surface area (Å²) in [5.41, 5.74) is 1.94. The summed E-state index contributed by atoms with van der Waals surface area (Å²) < 4.78 is 6.92. The molecule has 0 aliphatic carbocycles. The smallest absolute Gasteiger partial charge is 0.347 e. The number of benzene rings is 1. The first-order chi connectivity index (χ1) is 9.51. The van der Waals surface area contributed by atoms with Gasteiger partial charge in [0.2, 0.25) is 0 Å². The molecule has 6 heteroatoms. The molecule has 0 fully saturated rings. The third kappa shape index (κ3) is 3.14. The molecule has 0 N–H and O–H groups in total. The van der Waals surface area contributed by atoms with Gasteiger partial charge in [0.1, 0.15) is 0 Å². The molecule has 2 rings (SSSR count). The molecule has 0 aliphatic rings. The van der Waals surface area contributed by atoms with Crippen molar-refractivity contribution < 1.29 is 9.53 Å². The van der Waals surface area contributed by atoms with Crippen LogP contribution in [0.5, 0.6) is 0 Å². The lowest BCUT2D eigenvalue weighted by Crippen LogP contribution is -2.23. The highest BCUT2D eigenvalue weighted by molar-refractivity contribution is 9.10. The van der Waals surface area contributed by atoms with Crippen molar-refractivity contribution in [3.8, 4) is 0 Å². The normalized spacial score (nSPS) is 10.3. The van der Waals surface area contributed by atoms with E-state index in [1.807, 2.05) is 6.92 Å². The highest BCUT2D eigenvalue weighted by Gasteiger charge is 2.09. The van der Waals surface area contributed by atoms with E-state index in [-0.39, 0.29) is 5.69 Å². The van der Waals surface area contributed by atoms with Crippen molar-refractivity contribution in [3.05, 3.63) is 62.2 Å². The van der Waals surface area contributed by atoms with Crippen molar-refractivity contribution >= 4 is 21.9 Å². The Kier molecular flexibility index (Phi) is 4.34. The Bertz CT molecular complexity index is 710. The molecule has 20 heavy (non-hydrogen) atoms. The Morgan fingerprint density at radius 1 is 1.45 bits per heavy atom. The van der Waals surface area contributed by atoms with Crippen LogP contribution >= 0.6 is 15.9 Å². The summed E-state index contributed by atoms with van der Waals surface area (Å²) in [4.78, 5) is 26.9. The fraction of sp³-hybridized carbons (Fsp3) is 0.214. The SMILES string of the molecule is COC(=O)c1ccc(Cn2cc(C)cnc2=O)c(Br)c1. The minimum atomic E-state index is -0.397. The van der Waals surface area contributed by atoms with Crippen molar-refractivity contribution in [2.75, 3.05) is 7.11 Å².